The molecule has 1 amide bonds. The highest BCUT2D eigenvalue weighted by Gasteiger charge is 2.45. The fraction of sp³-hybridized carbons (Fsp3) is 0.294. The normalized spacial score (nSPS) is 15.5. The number of amides is 1. The van der Waals surface area contributed by atoms with Crippen LogP contribution in [0.5, 0.6) is 0 Å². The molecule has 1 heterocycles. The van der Waals surface area contributed by atoms with E-state index in [-0.39, 0.29) is 11.4 Å². The Morgan fingerprint density at radius 2 is 1.95 bits per heavy atom. The van der Waals surface area contributed by atoms with Gasteiger partial charge in [-0.3, -0.25) is 9.78 Å². The van der Waals surface area contributed by atoms with Crippen LogP contribution in [0.1, 0.15) is 29.7 Å². The summed E-state index contributed by atoms with van der Waals surface area (Å²) >= 11 is 3.44. The van der Waals surface area contributed by atoms with E-state index >= 15 is 0 Å². The molecule has 0 spiro atoms. The smallest absolute Gasteiger partial charge is 0.225 e. The molecule has 1 aromatic heterocycles. The zero-order valence-electron chi connectivity index (χ0n) is 11.9. The third-order valence-corrected chi connectivity index (χ3v) is 4.39. The Balaban J connectivity index is 1.67. The molecule has 0 unspecified atom stereocenters. The van der Waals surface area contributed by atoms with E-state index in [0.717, 1.165) is 28.6 Å². The number of hydrogen-bond donors (Lipinski definition) is 1. The predicted octanol–water partition coefficient (Wildman–Crippen LogP) is 3.50. The van der Waals surface area contributed by atoms with Crippen LogP contribution in [0.2, 0.25) is 0 Å². The lowest BCUT2D eigenvalue weighted by Gasteiger charge is -2.18. The molecule has 4 heteroatoms. The molecule has 0 bridgehead atoms. The van der Waals surface area contributed by atoms with Crippen LogP contribution in [0.4, 0.5) is 0 Å². The van der Waals surface area contributed by atoms with Crippen LogP contribution in [0, 0.1) is 6.92 Å². The van der Waals surface area contributed by atoms with Crippen molar-refractivity contribution >= 4 is 21.8 Å². The second kappa shape index (κ2) is 5.60. The Bertz CT molecular complexity index is 645. The highest BCUT2D eigenvalue weighted by atomic mass is 79.9. The van der Waals surface area contributed by atoms with Crippen LogP contribution in [0.3, 0.4) is 0 Å². The molecule has 0 saturated heterocycles. The number of aromatic nitrogens is 1. The molecule has 1 fully saturated rings. The van der Waals surface area contributed by atoms with Gasteiger partial charge in [0.15, 0.2) is 0 Å². The fourth-order valence-electron chi connectivity index (χ4n) is 2.48. The van der Waals surface area contributed by atoms with Gasteiger partial charge in [0, 0.05) is 16.4 Å². The van der Waals surface area contributed by atoms with Crippen molar-refractivity contribution in [2.45, 2.75) is 31.7 Å². The number of aryl methyl sites for hydroxylation is 1. The van der Waals surface area contributed by atoms with E-state index < -0.39 is 0 Å². The van der Waals surface area contributed by atoms with E-state index in [1.165, 1.54) is 5.56 Å². The van der Waals surface area contributed by atoms with E-state index in [2.05, 4.69) is 38.4 Å². The Kier molecular flexibility index (Phi) is 3.81. The Morgan fingerprint density at radius 3 is 2.52 bits per heavy atom. The first-order valence-electron chi connectivity index (χ1n) is 7.06. The standard InChI is InChI=1S/C17H17BrN2O/c1-12-2-3-13(11-19-12)10-16(21)20-17(8-9-17)14-4-6-15(18)7-5-14/h2-7,11H,8-10H2,1H3,(H,20,21). The van der Waals surface area contributed by atoms with E-state index in [9.17, 15) is 4.79 Å². The molecule has 1 aromatic carbocycles. The Morgan fingerprint density at radius 1 is 1.24 bits per heavy atom. The van der Waals surface area contributed by atoms with E-state index in [1.807, 2.05) is 31.2 Å². The van der Waals surface area contributed by atoms with E-state index in [1.54, 1.807) is 6.20 Å². The highest BCUT2D eigenvalue weighted by Crippen LogP contribution is 2.45. The first kappa shape index (κ1) is 14.3. The molecule has 108 valence electrons. The molecular weight excluding hydrogens is 328 g/mol. The van der Waals surface area contributed by atoms with E-state index in [0.29, 0.717) is 6.42 Å². The van der Waals surface area contributed by atoms with E-state index in [4.69, 9.17) is 0 Å². The molecule has 2 aromatic rings. The minimum absolute atomic E-state index is 0.0565. The third-order valence-electron chi connectivity index (χ3n) is 3.86. The summed E-state index contributed by atoms with van der Waals surface area (Å²) in [5, 5.41) is 3.18. The van der Waals surface area contributed by atoms with Crippen LogP contribution < -0.4 is 5.32 Å². The lowest BCUT2D eigenvalue weighted by molar-refractivity contribution is -0.121. The van der Waals surface area contributed by atoms with Gasteiger partial charge in [-0.1, -0.05) is 34.1 Å². The largest absolute Gasteiger partial charge is 0.346 e. The summed E-state index contributed by atoms with van der Waals surface area (Å²) in [6.07, 6.45) is 4.17. The van der Waals surface area contributed by atoms with Gasteiger partial charge in [0.2, 0.25) is 5.91 Å². The fourth-order valence-corrected chi connectivity index (χ4v) is 2.74. The number of benzene rings is 1. The zero-order chi connectivity index (χ0) is 14.9. The lowest BCUT2D eigenvalue weighted by Crippen LogP contribution is -2.35. The number of nitrogens with zero attached hydrogens (tertiary/aromatic N) is 1. The second-order valence-electron chi connectivity index (χ2n) is 5.62. The maximum absolute atomic E-state index is 12.2. The summed E-state index contributed by atoms with van der Waals surface area (Å²) in [6.45, 7) is 1.94. The minimum Gasteiger partial charge on any atom is -0.346 e. The summed E-state index contributed by atoms with van der Waals surface area (Å²) < 4.78 is 1.05. The van der Waals surface area contributed by atoms with Crippen molar-refractivity contribution in [2.24, 2.45) is 0 Å². The number of nitrogens with one attached hydrogen (secondary N) is 1. The van der Waals surface area contributed by atoms with Crippen molar-refractivity contribution in [1.29, 1.82) is 0 Å². The van der Waals surface area contributed by atoms with Crippen molar-refractivity contribution in [1.82, 2.24) is 10.3 Å². The molecule has 0 aliphatic heterocycles. The summed E-state index contributed by atoms with van der Waals surface area (Å²) in [7, 11) is 0. The first-order valence-corrected chi connectivity index (χ1v) is 7.85. The van der Waals surface area contributed by atoms with Crippen LogP contribution in [0.25, 0.3) is 0 Å². The van der Waals surface area contributed by atoms with Crippen molar-refractivity contribution in [3.8, 4) is 0 Å². The maximum Gasteiger partial charge on any atom is 0.225 e. The molecule has 0 atom stereocenters. The number of carbonyl (C=O) groups is 1. The van der Waals surface area contributed by atoms with Crippen molar-refractivity contribution < 1.29 is 4.79 Å². The molecule has 3 nitrogen and oxygen atoms in total. The molecule has 21 heavy (non-hydrogen) atoms. The van der Waals surface area contributed by atoms with Crippen LogP contribution in [-0.2, 0) is 16.8 Å². The van der Waals surface area contributed by atoms with Crippen molar-refractivity contribution in [2.75, 3.05) is 0 Å². The molecule has 3 rings (SSSR count). The van der Waals surface area contributed by atoms with Gasteiger partial charge in [0.25, 0.3) is 0 Å². The Hall–Kier alpha value is -1.68. The molecule has 1 aliphatic carbocycles. The summed E-state index contributed by atoms with van der Waals surface area (Å²) in [6, 6.07) is 12.1. The number of hydrogen-bond acceptors (Lipinski definition) is 2. The summed E-state index contributed by atoms with van der Waals surface area (Å²) in [4.78, 5) is 16.5. The maximum atomic E-state index is 12.2. The molecule has 1 aliphatic rings. The van der Waals surface area contributed by atoms with Crippen LogP contribution >= 0.6 is 15.9 Å². The number of rotatable bonds is 4. The van der Waals surface area contributed by atoms with Crippen LogP contribution in [0.15, 0.2) is 47.1 Å². The topological polar surface area (TPSA) is 42.0 Å². The first-order chi connectivity index (χ1) is 10.1. The predicted molar refractivity (Wildman–Crippen MR) is 85.9 cm³/mol. The zero-order valence-corrected chi connectivity index (χ0v) is 13.5. The van der Waals surface area contributed by atoms with Crippen molar-refractivity contribution in [3.63, 3.8) is 0 Å². The van der Waals surface area contributed by atoms with Gasteiger partial charge in [0.05, 0.1) is 12.0 Å². The van der Waals surface area contributed by atoms with Crippen molar-refractivity contribution in [3.05, 3.63) is 63.9 Å². The average molecular weight is 345 g/mol. The molecular formula is C17H17BrN2O. The number of halogens is 1. The van der Waals surface area contributed by atoms with Gasteiger partial charge in [-0.25, -0.2) is 0 Å². The Labute approximate surface area is 132 Å². The van der Waals surface area contributed by atoms with Gasteiger partial charge in [-0.05, 0) is 49.1 Å². The third kappa shape index (κ3) is 3.32. The molecule has 1 saturated carbocycles. The van der Waals surface area contributed by atoms with Gasteiger partial charge in [0.1, 0.15) is 0 Å². The van der Waals surface area contributed by atoms with Gasteiger partial charge in [-0.15, -0.1) is 0 Å². The SMILES string of the molecule is Cc1ccc(CC(=O)NC2(c3ccc(Br)cc3)CC2)cn1. The van der Waals surface area contributed by atoms with Gasteiger partial charge < -0.3 is 5.32 Å². The minimum atomic E-state index is -0.157. The summed E-state index contributed by atoms with van der Waals surface area (Å²) in [5.41, 5.74) is 2.94. The monoisotopic (exact) mass is 344 g/mol. The van der Waals surface area contributed by atoms with Crippen LogP contribution in [-0.4, -0.2) is 10.9 Å². The summed E-state index contributed by atoms with van der Waals surface area (Å²) in [5.74, 6) is 0.0565. The lowest BCUT2D eigenvalue weighted by atomic mass is 10.0. The van der Waals surface area contributed by atoms with Gasteiger partial charge >= 0.3 is 0 Å². The second-order valence-corrected chi connectivity index (χ2v) is 6.54. The number of carbonyl (C=O) groups excluding carboxylic acids is 1. The highest BCUT2D eigenvalue weighted by molar-refractivity contribution is 9.10. The van der Waals surface area contributed by atoms with Gasteiger partial charge in [-0.2, -0.15) is 0 Å². The number of pyridine rings is 1. The molecule has 1 N–H and O–H groups in total. The quantitative estimate of drug-likeness (QED) is 0.922. The average Bonchev–Trinajstić information content (AvgIpc) is 3.23. The molecule has 0 radical (unpaired) electrons.